The smallest absolute Gasteiger partial charge is 0.407 e. The number of halogens is 2. The normalized spacial score (nSPS) is 14.8. The third-order valence-corrected chi connectivity index (χ3v) is 9.99. The lowest BCUT2D eigenvalue weighted by molar-refractivity contribution is 0.0201. The average molecular weight is 664 g/mol. The minimum atomic E-state index is -4.39. The molecule has 0 atom stereocenters. The van der Waals surface area contributed by atoms with E-state index in [2.05, 4.69) is 5.10 Å². The second-order valence-corrected chi connectivity index (χ2v) is 14.1. The molecule has 0 spiro atoms. The zero-order chi connectivity index (χ0) is 31.9. The van der Waals surface area contributed by atoms with E-state index >= 15 is 0 Å². The molecule has 1 aromatic heterocycles. The minimum absolute atomic E-state index is 0.153. The molecule has 44 heavy (non-hydrogen) atoms. The largest absolute Gasteiger partial charge is 0.465 e. The summed E-state index contributed by atoms with van der Waals surface area (Å²) in [6.45, 7) is 1.47. The summed E-state index contributed by atoms with van der Waals surface area (Å²) >= 11 is 5.98. The Morgan fingerprint density at radius 2 is 1.43 bits per heavy atom. The molecule has 1 N–H and O–H groups in total. The molecule has 2 heterocycles. The van der Waals surface area contributed by atoms with Gasteiger partial charge >= 0.3 is 6.09 Å². The molecule has 1 aliphatic heterocycles. The summed E-state index contributed by atoms with van der Waals surface area (Å²) < 4.78 is 79.0. The average Bonchev–Trinajstić information content (AvgIpc) is 3.42. The molecule has 0 saturated heterocycles. The van der Waals surface area contributed by atoms with Gasteiger partial charge in [0.05, 0.1) is 52.5 Å². The molecule has 0 bridgehead atoms. The van der Waals surface area contributed by atoms with Crippen LogP contribution < -0.4 is 0 Å². The van der Waals surface area contributed by atoms with Gasteiger partial charge in [0.1, 0.15) is 11.4 Å². The Bertz CT molecular complexity index is 1850. The van der Waals surface area contributed by atoms with E-state index in [1.165, 1.54) is 47.1 Å². The third-order valence-electron chi connectivity index (χ3n) is 7.14. The van der Waals surface area contributed by atoms with Gasteiger partial charge in [-0.15, -0.1) is 0 Å². The van der Waals surface area contributed by atoms with Gasteiger partial charge in [-0.25, -0.2) is 9.18 Å². The van der Waals surface area contributed by atoms with Crippen LogP contribution in [0.1, 0.15) is 16.8 Å². The number of aromatic nitrogens is 2. The SMILES string of the molecule is Cc1ccc(S(=O)(=O)OCC2(COS(=O)(=O)c3ccc(C)cc3)CN(C(=O)O)Cc3cc(-c4ccc(F)c(Cl)c4)nn32)cc1. The summed E-state index contributed by atoms with van der Waals surface area (Å²) in [7, 11) is -8.78. The molecule has 0 fully saturated rings. The number of nitrogens with zero attached hydrogens (tertiary/aromatic N) is 3. The van der Waals surface area contributed by atoms with Gasteiger partial charge < -0.3 is 5.11 Å². The van der Waals surface area contributed by atoms with Crippen LogP contribution in [0, 0.1) is 19.7 Å². The van der Waals surface area contributed by atoms with E-state index in [1.807, 2.05) is 0 Å². The quantitative estimate of drug-likeness (QED) is 0.246. The molecule has 1 amide bonds. The van der Waals surface area contributed by atoms with Crippen LogP contribution in [-0.4, -0.2) is 62.5 Å². The summed E-state index contributed by atoms with van der Waals surface area (Å²) in [5.74, 6) is -0.657. The molecular formula is C29H27ClFN3O8S2. The first-order valence-electron chi connectivity index (χ1n) is 13.1. The van der Waals surface area contributed by atoms with Crippen LogP contribution in [0.3, 0.4) is 0 Å². The van der Waals surface area contributed by atoms with Crippen LogP contribution in [0.4, 0.5) is 9.18 Å². The first kappa shape index (κ1) is 31.6. The maximum absolute atomic E-state index is 13.9. The number of carbonyl (C=O) groups is 1. The van der Waals surface area contributed by atoms with Crippen molar-refractivity contribution in [2.24, 2.45) is 0 Å². The molecule has 3 aromatic carbocycles. The fraction of sp³-hybridized carbons (Fsp3) is 0.241. The first-order valence-corrected chi connectivity index (χ1v) is 16.3. The van der Waals surface area contributed by atoms with E-state index in [4.69, 9.17) is 20.0 Å². The van der Waals surface area contributed by atoms with Gasteiger partial charge in [0.15, 0.2) is 0 Å². The number of benzene rings is 3. The van der Waals surface area contributed by atoms with Crippen molar-refractivity contribution in [3.63, 3.8) is 0 Å². The minimum Gasteiger partial charge on any atom is -0.465 e. The third kappa shape index (κ3) is 6.49. The van der Waals surface area contributed by atoms with Crippen molar-refractivity contribution in [3.05, 3.63) is 100 Å². The van der Waals surface area contributed by atoms with Crippen LogP contribution in [0.15, 0.2) is 82.6 Å². The number of fused-ring (bicyclic) bond motifs is 1. The topological polar surface area (TPSA) is 145 Å². The van der Waals surface area contributed by atoms with E-state index < -0.39 is 57.4 Å². The second kappa shape index (κ2) is 11.9. The Kier molecular flexibility index (Phi) is 8.57. The monoisotopic (exact) mass is 663 g/mol. The van der Waals surface area contributed by atoms with Crippen LogP contribution in [-0.2, 0) is 40.7 Å². The number of aryl methyl sites for hydroxylation is 2. The Balaban J connectivity index is 1.59. The summed E-state index contributed by atoms with van der Waals surface area (Å²) in [4.78, 5) is 12.9. The molecular weight excluding hydrogens is 637 g/mol. The molecule has 0 radical (unpaired) electrons. The Labute approximate surface area is 258 Å². The lowest BCUT2D eigenvalue weighted by atomic mass is 9.98. The summed E-state index contributed by atoms with van der Waals surface area (Å²) in [6, 6.07) is 17.2. The number of hydrogen-bond donors (Lipinski definition) is 1. The van der Waals surface area contributed by atoms with Gasteiger partial charge in [-0.1, -0.05) is 47.0 Å². The maximum atomic E-state index is 13.9. The van der Waals surface area contributed by atoms with E-state index in [0.717, 1.165) is 22.1 Å². The van der Waals surface area contributed by atoms with E-state index in [9.17, 15) is 31.1 Å². The number of rotatable bonds is 9. The van der Waals surface area contributed by atoms with Crippen molar-refractivity contribution in [1.82, 2.24) is 14.7 Å². The fourth-order valence-corrected chi connectivity index (χ4v) is 6.86. The van der Waals surface area contributed by atoms with Gasteiger partial charge in [-0.3, -0.25) is 17.9 Å². The van der Waals surface area contributed by atoms with Gasteiger partial charge in [0, 0.05) is 5.56 Å². The van der Waals surface area contributed by atoms with Crippen LogP contribution in [0.5, 0.6) is 0 Å². The lowest BCUT2D eigenvalue weighted by Gasteiger charge is -2.41. The van der Waals surface area contributed by atoms with Gasteiger partial charge in [-0.05, 0) is 62.4 Å². The highest BCUT2D eigenvalue weighted by molar-refractivity contribution is 7.87. The van der Waals surface area contributed by atoms with E-state index in [0.29, 0.717) is 5.56 Å². The van der Waals surface area contributed by atoms with Crippen LogP contribution in [0.25, 0.3) is 11.3 Å². The Morgan fingerprint density at radius 1 is 0.909 bits per heavy atom. The Morgan fingerprint density at radius 3 is 1.91 bits per heavy atom. The van der Waals surface area contributed by atoms with Gasteiger partial charge in [0.25, 0.3) is 20.2 Å². The van der Waals surface area contributed by atoms with Crippen molar-refractivity contribution in [1.29, 1.82) is 0 Å². The Hall–Kier alpha value is -3.82. The van der Waals surface area contributed by atoms with Crippen molar-refractivity contribution < 1.29 is 39.5 Å². The predicted octanol–water partition coefficient (Wildman–Crippen LogP) is 4.96. The molecule has 0 saturated carbocycles. The number of amides is 1. The summed E-state index contributed by atoms with van der Waals surface area (Å²) in [5, 5.41) is 14.4. The lowest BCUT2D eigenvalue weighted by Crippen LogP contribution is -2.57. The number of carboxylic acid groups (broad SMARTS) is 1. The molecule has 5 rings (SSSR count). The molecule has 15 heteroatoms. The summed E-state index contributed by atoms with van der Waals surface area (Å²) in [6.07, 6.45) is -1.35. The van der Waals surface area contributed by atoms with Crippen LogP contribution in [0.2, 0.25) is 5.02 Å². The van der Waals surface area contributed by atoms with Crippen molar-refractivity contribution in [2.75, 3.05) is 19.8 Å². The zero-order valence-corrected chi connectivity index (χ0v) is 25.9. The standard InChI is InChI=1S/C29H27ClFN3O8S2/c1-19-3-8-23(9-4-19)43(37,38)41-17-29(18-42-44(39,40)24-10-5-20(2)6-11-24)16-33(28(35)36)15-22-14-27(32-34(22)29)21-7-12-26(31)25(30)13-21/h3-14H,15-18H2,1-2H3,(H,35,36). The maximum Gasteiger partial charge on any atom is 0.407 e. The van der Waals surface area contributed by atoms with E-state index in [-0.39, 0.29) is 32.7 Å². The molecule has 1 aliphatic rings. The highest BCUT2D eigenvalue weighted by Gasteiger charge is 2.46. The molecule has 11 nitrogen and oxygen atoms in total. The van der Waals surface area contributed by atoms with Crippen molar-refractivity contribution in [2.45, 2.75) is 35.7 Å². The highest BCUT2D eigenvalue weighted by Crippen LogP contribution is 2.34. The highest BCUT2D eigenvalue weighted by atomic mass is 35.5. The predicted molar refractivity (Wildman–Crippen MR) is 158 cm³/mol. The fourth-order valence-electron chi connectivity index (χ4n) is 4.72. The summed E-state index contributed by atoms with van der Waals surface area (Å²) in [5.41, 5.74) is 0.755. The van der Waals surface area contributed by atoms with Crippen molar-refractivity contribution in [3.8, 4) is 11.3 Å². The molecule has 4 aromatic rings. The second-order valence-electron chi connectivity index (χ2n) is 10.5. The molecule has 232 valence electrons. The van der Waals surface area contributed by atoms with E-state index in [1.54, 1.807) is 38.1 Å². The zero-order valence-electron chi connectivity index (χ0n) is 23.5. The molecule has 0 unspecified atom stereocenters. The molecule has 0 aliphatic carbocycles. The van der Waals surface area contributed by atoms with Gasteiger partial charge in [0.2, 0.25) is 0 Å². The first-order chi connectivity index (χ1) is 20.7. The van der Waals surface area contributed by atoms with Crippen LogP contribution >= 0.6 is 11.6 Å². The number of hydrogen-bond acceptors (Lipinski definition) is 8. The van der Waals surface area contributed by atoms with Gasteiger partial charge in [-0.2, -0.15) is 21.9 Å². The van der Waals surface area contributed by atoms with Crippen molar-refractivity contribution >= 4 is 37.9 Å².